The highest BCUT2D eigenvalue weighted by Crippen LogP contribution is 2.11. The third kappa shape index (κ3) is 2.73. The van der Waals surface area contributed by atoms with E-state index in [2.05, 4.69) is 36.4 Å². The lowest BCUT2D eigenvalue weighted by Gasteiger charge is -2.03. The minimum absolute atomic E-state index is 0.268. The van der Waals surface area contributed by atoms with Crippen LogP contribution >= 0.6 is 15.9 Å². The summed E-state index contributed by atoms with van der Waals surface area (Å²) in [6, 6.07) is 0. The molecule has 2 aromatic heterocycles. The first-order valence-corrected chi connectivity index (χ1v) is 6.04. The van der Waals surface area contributed by atoms with E-state index in [0.717, 1.165) is 11.3 Å². The summed E-state index contributed by atoms with van der Waals surface area (Å²) in [5.41, 5.74) is 1.92. The summed E-state index contributed by atoms with van der Waals surface area (Å²) in [6.07, 6.45) is 2.89. The van der Waals surface area contributed by atoms with Crippen LogP contribution in [0.15, 0.2) is 21.5 Å². The number of hydrogen-bond donors (Lipinski definition) is 1. The van der Waals surface area contributed by atoms with Crippen LogP contribution in [0.4, 0.5) is 0 Å². The number of amides is 1. The van der Waals surface area contributed by atoms with Gasteiger partial charge in [0.2, 0.25) is 0 Å². The average Bonchev–Trinajstić information content (AvgIpc) is 2.67. The molecule has 1 amide bonds. The van der Waals surface area contributed by atoms with Gasteiger partial charge in [0, 0.05) is 12.1 Å². The number of nitrogens with zero attached hydrogens (tertiary/aromatic N) is 3. The highest BCUT2D eigenvalue weighted by molar-refractivity contribution is 9.10. The van der Waals surface area contributed by atoms with Gasteiger partial charge in [0.05, 0.1) is 18.1 Å². The second-order valence-electron chi connectivity index (χ2n) is 3.71. The van der Waals surface area contributed by atoms with Gasteiger partial charge in [-0.05, 0) is 29.8 Å². The quantitative estimate of drug-likeness (QED) is 0.934. The van der Waals surface area contributed by atoms with Gasteiger partial charge < -0.3 is 9.84 Å². The third-order valence-electron chi connectivity index (χ3n) is 2.46. The zero-order valence-electron chi connectivity index (χ0n) is 9.90. The molecule has 0 atom stereocenters. The van der Waals surface area contributed by atoms with Crippen molar-refractivity contribution in [2.24, 2.45) is 0 Å². The number of rotatable bonds is 3. The summed E-state index contributed by atoms with van der Waals surface area (Å²) in [5, 5.41) is 6.56. The molecule has 7 heteroatoms. The van der Waals surface area contributed by atoms with Crippen LogP contribution < -0.4 is 5.32 Å². The van der Waals surface area contributed by atoms with Gasteiger partial charge in [-0.3, -0.25) is 4.79 Å². The molecule has 0 saturated carbocycles. The molecule has 6 nitrogen and oxygen atoms in total. The first-order valence-electron chi connectivity index (χ1n) is 5.25. The van der Waals surface area contributed by atoms with E-state index in [1.165, 1.54) is 12.4 Å². The van der Waals surface area contributed by atoms with Crippen molar-refractivity contribution in [2.75, 3.05) is 0 Å². The number of nitrogens with one attached hydrogen (secondary N) is 1. The molecule has 0 aliphatic carbocycles. The highest BCUT2D eigenvalue weighted by atomic mass is 79.9. The molecule has 0 bridgehead atoms. The van der Waals surface area contributed by atoms with Gasteiger partial charge in [0.25, 0.3) is 5.91 Å². The molecule has 2 aromatic rings. The zero-order chi connectivity index (χ0) is 13.1. The topological polar surface area (TPSA) is 80.9 Å². The molecule has 2 heterocycles. The lowest BCUT2D eigenvalue weighted by atomic mass is 10.2. The first kappa shape index (κ1) is 12.7. The summed E-state index contributed by atoms with van der Waals surface area (Å²) >= 11 is 3.16. The second-order valence-corrected chi connectivity index (χ2v) is 4.52. The Hall–Kier alpha value is -1.76. The van der Waals surface area contributed by atoms with Crippen LogP contribution in [-0.4, -0.2) is 21.0 Å². The molecule has 2 rings (SSSR count). The Morgan fingerprint density at radius 3 is 2.72 bits per heavy atom. The number of carbonyl (C=O) groups excluding carboxylic acids is 1. The summed E-state index contributed by atoms with van der Waals surface area (Å²) in [5.74, 6) is 0.421. The summed E-state index contributed by atoms with van der Waals surface area (Å²) in [4.78, 5) is 19.7. The fraction of sp³-hybridized carbons (Fsp3) is 0.273. The maximum Gasteiger partial charge on any atom is 0.271 e. The maximum atomic E-state index is 11.8. The third-order valence-corrected chi connectivity index (χ3v) is 2.87. The molecular formula is C11H11BrN4O2. The van der Waals surface area contributed by atoms with E-state index in [1.807, 2.05) is 6.92 Å². The molecular weight excluding hydrogens is 300 g/mol. The van der Waals surface area contributed by atoms with Crippen molar-refractivity contribution in [1.29, 1.82) is 0 Å². The van der Waals surface area contributed by atoms with Crippen molar-refractivity contribution in [3.63, 3.8) is 0 Å². The largest absolute Gasteiger partial charge is 0.361 e. The van der Waals surface area contributed by atoms with Crippen molar-refractivity contribution in [1.82, 2.24) is 20.4 Å². The molecule has 0 spiro atoms. The highest BCUT2D eigenvalue weighted by Gasteiger charge is 2.12. The van der Waals surface area contributed by atoms with Crippen LogP contribution in [-0.2, 0) is 6.54 Å². The Morgan fingerprint density at radius 1 is 1.39 bits per heavy atom. The number of carbonyl (C=O) groups is 1. The first-order chi connectivity index (χ1) is 8.58. The van der Waals surface area contributed by atoms with Crippen molar-refractivity contribution >= 4 is 21.8 Å². The van der Waals surface area contributed by atoms with Crippen molar-refractivity contribution < 1.29 is 9.32 Å². The van der Waals surface area contributed by atoms with Crippen LogP contribution in [0.2, 0.25) is 0 Å². The van der Waals surface area contributed by atoms with Gasteiger partial charge in [-0.25, -0.2) is 9.97 Å². The molecule has 0 aliphatic heterocycles. The summed E-state index contributed by atoms with van der Waals surface area (Å²) < 4.78 is 5.60. The van der Waals surface area contributed by atoms with Crippen LogP contribution in [0.3, 0.4) is 0 Å². The average molecular weight is 311 g/mol. The number of hydrogen-bond acceptors (Lipinski definition) is 5. The fourth-order valence-electron chi connectivity index (χ4n) is 1.44. The van der Waals surface area contributed by atoms with E-state index in [0.29, 0.717) is 16.9 Å². The van der Waals surface area contributed by atoms with Gasteiger partial charge in [0.1, 0.15) is 16.1 Å². The molecule has 0 fully saturated rings. The van der Waals surface area contributed by atoms with E-state index in [1.54, 1.807) is 6.92 Å². The fourth-order valence-corrected chi connectivity index (χ4v) is 1.65. The van der Waals surface area contributed by atoms with Crippen molar-refractivity contribution in [3.8, 4) is 0 Å². The molecule has 0 radical (unpaired) electrons. The van der Waals surface area contributed by atoms with E-state index >= 15 is 0 Å². The lowest BCUT2D eigenvalue weighted by molar-refractivity contribution is 0.0945. The predicted octanol–water partition coefficient (Wildman–Crippen LogP) is 1.77. The number of halogens is 1. The minimum atomic E-state index is -0.282. The molecule has 0 aromatic carbocycles. The number of aromatic nitrogens is 3. The van der Waals surface area contributed by atoms with Gasteiger partial charge in [-0.15, -0.1) is 0 Å². The van der Waals surface area contributed by atoms with E-state index in [-0.39, 0.29) is 11.6 Å². The molecule has 0 aliphatic rings. The minimum Gasteiger partial charge on any atom is -0.361 e. The Bertz CT molecular complexity index is 545. The second kappa shape index (κ2) is 5.26. The van der Waals surface area contributed by atoms with Crippen molar-refractivity contribution in [3.05, 3.63) is 39.7 Å². The standard InChI is InChI=1S/C11H11BrN4O2/c1-6-8(7(2)18-16-6)3-15-11(17)9-4-14-10(12)5-13-9/h4-5H,3H2,1-2H3,(H,15,17). The maximum absolute atomic E-state index is 11.8. The van der Waals surface area contributed by atoms with Gasteiger partial charge in [-0.1, -0.05) is 5.16 Å². The summed E-state index contributed by atoms with van der Waals surface area (Å²) in [6.45, 7) is 4.00. The zero-order valence-corrected chi connectivity index (χ0v) is 11.5. The van der Waals surface area contributed by atoms with Crippen LogP contribution in [0.25, 0.3) is 0 Å². The van der Waals surface area contributed by atoms with Crippen LogP contribution in [0, 0.1) is 13.8 Å². The Kier molecular flexibility index (Phi) is 3.71. The van der Waals surface area contributed by atoms with Gasteiger partial charge in [-0.2, -0.15) is 0 Å². The smallest absolute Gasteiger partial charge is 0.271 e. The molecule has 1 N–H and O–H groups in total. The molecule has 18 heavy (non-hydrogen) atoms. The molecule has 0 unspecified atom stereocenters. The predicted molar refractivity (Wildman–Crippen MR) is 66.9 cm³/mol. The van der Waals surface area contributed by atoms with Crippen LogP contribution in [0.1, 0.15) is 27.5 Å². The Morgan fingerprint density at radius 2 is 2.17 bits per heavy atom. The van der Waals surface area contributed by atoms with Gasteiger partial charge in [0.15, 0.2) is 0 Å². The SMILES string of the molecule is Cc1noc(C)c1CNC(=O)c1cnc(Br)cn1. The van der Waals surface area contributed by atoms with E-state index in [4.69, 9.17) is 4.52 Å². The van der Waals surface area contributed by atoms with E-state index in [9.17, 15) is 4.79 Å². The van der Waals surface area contributed by atoms with Gasteiger partial charge >= 0.3 is 0 Å². The lowest BCUT2D eigenvalue weighted by Crippen LogP contribution is -2.24. The number of aryl methyl sites for hydroxylation is 2. The Labute approximate surface area is 112 Å². The normalized spacial score (nSPS) is 10.4. The van der Waals surface area contributed by atoms with Crippen molar-refractivity contribution in [2.45, 2.75) is 20.4 Å². The van der Waals surface area contributed by atoms with E-state index < -0.39 is 0 Å². The molecule has 0 saturated heterocycles. The van der Waals surface area contributed by atoms with Crippen LogP contribution in [0.5, 0.6) is 0 Å². The molecule has 94 valence electrons. The summed E-state index contributed by atoms with van der Waals surface area (Å²) in [7, 11) is 0. The Balaban J connectivity index is 2.03. The monoisotopic (exact) mass is 310 g/mol.